The number of nitrogens with one attached hydrogen (secondary N) is 2. The fraction of sp³-hybridized carbons (Fsp3) is 0.333. The minimum Gasteiger partial charge on any atom is -0.352 e. The minimum atomic E-state index is 0.716. The molecule has 21 heavy (non-hydrogen) atoms. The molecule has 0 unspecified atom stereocenters. The molecule has 3 aromatic rings. The normalized spacial score (nSPS) is 16.0. The van der Waals surface area contributed by atoms with Gasteiger partial charge in [0.1, 0.15) is 11.3 Å². The van der Waals surface area contributed by atoms with Gasteiger partial charge in [-0.1, -0.05) is 11.6 Å². The van der Waals surface area contributed by atoms with Crippen LogP contribution in [-0.2, 0) is 0 Å². The van der Waals surface area contributed by atoms with E-state index in [2.05, 4.69) is 20.2 Å². The second-order valence-corrected chi connectivity index (χ2v) is 5.82. The third-order valence-corrected chi connectivity index (χ3v) is 4.14. The van der Waals surface area contributed by atoms with Crippen LogP contribution in [0.4, 0.5) is 5.82 Å². The Morgan fingerprint density at radius 3 is 2.81 bits per heavy atom. The Labute approximate surface area is 127 Å². The van der Waals surface area contributed by atoms with E-state index in [4.69, 9.17) is 16.6 Å². The molecule has 5 nitrogen and oxygen atoms in total. The number of aromatic amines is 1. The number of halogens is 1. The van der Waals surface area contributed by atoms with E-state index in [9.17, 15) is 0 Å². The highest BCUT2D eigenvalue weighted by Crippen LogP contribution is 2.31. The lowest BCUT2D eigenvalue weighted by Crippen LogP contribution is -2.44. The van der Waals surface area contributed by atoms with Crippen molar-refractivity contribution in [3.05, 3.63) is 29.0 Å². The summed E-state index contributed by atoms with van der Waals surface area (Å²) in [6.07, 6.45) is 0. The second kappa shape index (κ2) is 4.86. The molecule has 0 amide bonds. The number of aryl methyl sites for hydroxylation is 1. The number of hydrogen-bond donors (Lipinski definition) is 2. The summed E-state index contributed by atoms with van der Waals surface area (Å²) in [5.41, 5.74) is 2.90. The molecule has 1 aliphatic rings. The number of hydrogen-bond acceptors (Lipinski definition) is 4. The van der Waals surface area contributed by atoms with Crippen molar-refractivity contribution in [1.82, 2.24) is 20.3 Å². The van der Waals surface area contributed by atoms with Crippen molar-refractivity contribution in [3.8, 4) is 0 Å². The standard InChI is InChI=1S/C15H16ClN5/c1-9-18-13-11-8-10(16)2-3-12(11)20-15(14(13)19-9)21-6-4-17-5-7-21/h2-3,8,17H,4-7H2,1H3,(H,18,19). The van der Waals surface area contributed by atoms with E-state index in [0.717, 1.165) is 59.8 Å². The number of H-pyrrole nitrogens is 1. The first-order chi connectivity index (χ1) is 10.2. The first-order valence-electron chi connectivity index (χ1n) is 7.13. The van der Waals surface area contributed by atoms with Gasteiger partial charge >= 0.3 is 0 Å². The lowest BCUT2D eigenvalue weighted by Gasteiger charge is -2.28. The Morgan fingerprint density at radius 2 is 2.00 bits per heavy atom. The van der Waals surface area contributed by atoms with Gasteiger partial charge in [0, 0.05) is 36.6 Å². The molecule has 2 N–H and O–H groups in total. The van der Waals surface area contributed by atoms with Crippen LogP contribution >= 0.6 is 11.6 Å². The number of piperazine rings is 1. The highest BCUT2D eigenvalue weighted by molar-refractivity contribution is 6.31. The van der Waals surface area contributed by atoms with Crippen molar-refractivity contribution in [2.24, 2.45) is 0 Å². The largest absolute Gasteiger partial charge is 0.352 e. The number of imidazole rings is 1. The van der Waals surface area contributed by atoms with Crippen molar-refractivity contribution < 1.29 is 0 Å². The summed E-state index contributed by atoms with van der Waals surface area (Å²) < 4.78 is 0. The van der Waals surface area contributed by atoms with E-state index in [0.29, 0.717) is 5.02 Å². The summed E-state index contributed by atoms with van der Waals surface area (Å²) in [5.74, 6) is 1.86. The van der Waals surface area contributed by atoms with Gasteiger partial charge in [-0.3, -0.25) is 0 Å². The molecule has 1 saturated heterocycles. The number of anilines is 1. The first kappa shape index (κ1) is 12.9. The maximum atomic E-state index is 6.13. The molecule has 1 aliphatic heterocycles. The van der Waals surface area contributed by atoms with E-state index < -0.39 is 0 Å². The molecule has 0 bridgehead atoms. The van der Waals surface area contributed by atoms with Gasteiger partial charge in [0.25, 0.3) is 0 Å². The van der Waals surface area contributed by atoms with E-state index >= 15 is 0 Å². The highest BCUT2D eigenvalue weighted by Gasteiger charge is 2.19. The topological polar surface area (TPSA) is 56.8 Å². The molecule has 0 aliphatic carbocycles. The number of nitrogens with zero attached hydrogens (tertiary/aromatic N) is 3. The average Bonchev–Trinajstić information content (AvgIpc) is 2.89. The maximum absolute atomic E-state index is 6.13. The van der Waals surface area contributed by atoms with Crippen LogP contribution in [0.2, 0.25) is 5.02 Å². The van der Waals surface area contributed by atoms with E-state index in [1.54, 1.807) is 0 Å². The summed E-state index contributed by atoms with van der Waals surface area (Å²) in [7, 11) is 0. The van der Waals surface area contributed by atoms with E-state index in [-0.39, 0.29) is 0 Å². The monoisotopic (exact) mass is 301 g/mol. The summed E-state index contributed by atoms with van der Waals surface area (Å²) in [6.45, 7) is 5.83. The molecular weight excluding hydrogens is 286 g/mol. The van der Waals surface area contributed by atoms with E-state index in [1.165, 1.54) is 0 Å². The van der Waals surface area contributed by atoms with Crippen LogP contribution in [-0.4, -0.2) is 41.1 Å². The number of aromatic nitrogens is 3. The quantitative estimate of drug-likeness (QED) is 0.725. The summed E-state index contributed by atoms with van der Waals surface area (Å²) >= 11 is 6.13. The molecule has 0 atom stereocenters. The Kier molecular flexibility index (Phi) is 2.97. The maximum Gasteiger partial charge on any atom is 0.157 e. The molecular formula is C15H16ClN5. The zero-order chi connectivity index (χ0) is 14.4. The molecule has 6 heteroatoms. The van der Waals surface area contributed by atoms with Crippen LogP contribution in [0.15, 0.2) is 18.2 Å². The summed E-state index contributed by atoms with van der Waals surface area (Å²) in [4.78, 5) is 15.1. The van der Waals surface area contributed by atoms with Crippen LogP contribution in [0.3, 0.4) is 0 Å². The smallest absolute Gasteiger partial charge is 0.157 e. The van der Waals surface area contributed by atoms with Crippen LogP contribution in [0.25, 0.3) is 21.9 Å². The Bertz CT molecular complexity index is 820. The van der Waals surface area contributed by atoms with Gasteiger partial charge in [-0.25, -0.2) is 9.97 Å². The van der Waals surface area contributed by atoms with E-state index in [1.807, 2.05) is 25.1 Å². The zero-order valence-corrected chi connectivity index (χ0v) is 12.5. The lowest BCUT2D eigenvalue weighted by molar-refractivity contribution is 0.586. The summed E-state index contributed by atoms with van der Waals surface area (Å²) in [5, 5.41) is 5.11. The van der Waals surface area contributed by atoms with Crippen molar-refractivity contribution in [2.45, 2.75) is 6.92 Å². The average molecular weight is 302 g/mol. The predicted molar refractivity (Wildman–Crippen MR) is 86.2 cm³/mol. The molecule has 1 fully saturated rings. The van der Waals surface area contributed by atoms with Gasteiger partial charge in [0.2, 0.25) is 0 Å². The molecule has 108 valence electrons. The number of fused-ring (bicyclic) bond motifs is 3. The molecule has 0 spiro atoms. The number of pyridine rings is 1. The van der Waals surface area contributed by atoms with Crippen LogP contribution < -0.4 is 10.2 Å². The Balaban J connectivity index is 2.02. The molecule has 0 radical (unpaired) electrons. The third-order valence-electron chi connectivity index (χ3n) is 3.90. The molecule has 1 aromatic carbocycles. The minimum absolute atomic E-state index is 0.716. The second-order valence-electron chi connectivity index (χ2n) is 5.38. The Hall–Kier alpha value is -1.85. The van der Waals surface area contributed by atoms with Crippen LogP contribution in [0.1, 0.15) is 5.82 Å². The summed E-state index contributed by atoms with van der Waals surface area (Å²) in [6, 6.07) is 5.80. The van der Waals surface area contributed by atoms with Gasteiger partial charge < -0.3 is 15.2 Å². The molecule has 3 heterocycles. The Morgan fingerprint density at radius 1 is 1.19 bits per heavy atom. The van der Waals surface area contributed by atoms with Gasteiger partial charge in [-0.2, -0.15) is 0 Å². The van der Waals surface area contributed by atoms with Crippen LogP contribution in [0, 0.1) is 6.92 Å². The number of rotatable bonds is 1. The fourth-order valence-electron chi connectivity index (χ4n) is 2.92. The predicted octanol–water partition coefficient (Wildman–Crippen LogP) is 2.48. The van der Waals surface area contributed by atoms with Crippen molar-refractivity contribution in [3.63, 3.8) is 0 Å². The van der Waals surface area contributed by atoms with Crippen LogP contribution in [0.5, 0.6) is 0 Å². The van der Waals surface area contributed by atoms with Gasteiger partial charge in [0.15, 0.2) is 5.82 Å². The lowest BCUT2D eigenvalue weighted by atomic mass is 10.2. The van der Waals surface area contributed by atoms with Gasteiger partial charge in [-0.05, 0) is 25.1 Å². The molecule has 0 saturated carbocycles. The molecule has 4 rings (SSSR count). The van der Waals surface area contributed by atoms with Gasteiger partial charge in [0.05, 0.1) is 11.0 Å². The molecule has 2 aromatic heterocycles. The SMILES string of the molecule is Cc1nc2c(N3CCNCC3)nc3ccc(Cl)cc3c2[nH]1. The zero-order valence-electron chi connectivity index (χ0n) is 11.8. The highest BCUT2D eigenvalue weighted by atomic mass is 35.5. The fourth-order valence-corrected chi connectivity index (χ4v) is 3.09. The number of benzene rings is 1. The van der Waals surface area contributed by atoms with Gasteiger partial charge in [-0.15, -0.1) is 0 Å². The third kappa shape index (κ3) is 2.13. The first-order valence-corrected chi connectivity index (χ1v) is 7.51. The van der Waals surface area contributed by atoms with Crippen molar-refractivity contribution in [1.29, 1.82) is 0 Å². The van der Waals surface area contributed by atoms with Crippen molar-refractivity contribution >= 4 is 39.4 Å². The van der Waals surface area contributed by atoms with Crippen molar-refractivity contribution in [2.75, 3.05) is 31.1 Å².